The van der Waals surface area contributed by atoms with Gasteiger partial charge < -0.3 is 10.4 Å². The fraction of sp³-hybridized carbons (Fsp3) is 0.615. The molecular formula is C13H21N3O2. The van der Waals surface area contributed by atoms with Crippen LogP contribution in [0.25, 0.3) is 0 Å². The molecule has 0 aliphatic rings. The van der Waals surface area contributed by atoms with E-state index in [-0.39, 0.29) is 17.9 Å². The fourth-order valence-corrected chi connectivity index (χ4v) is 1.37. The smallest absolute Gasteiger partial charge is 0.322 e. The molecule has 0 bridgehead atoms. The molecule has 0 unspecified atom stereocenters. The van der Waals surface area contributed by atoms with Crippen molar-refractivity contribution in [1.29, 1.82) is 0 Å². The summed E-state index contributed by atoms with van der Waals surface area (Å²) in [7, 11) is 0. The lowest BCUT2D eigenvalue weighted by Crippen LogP contribution is -2.19. The summed E-state index contributed by atoms with van der Waals surface area (Å²) in [5, 5.41) is 11.5. The fourth-order valence-electron chi connectivity index (χ4n) is 1.37. The lowest BCUT2D eigenvalue weighted by molar-refractivity contribution is -0.134. The first-order chi connectivity index (χ1) is 8.20. The largest absolute Gasteiger partial charge is 0.480 e. The highest BCUT2D eigenvalue weighted by Crippen LogP contribution is 2.24. The number of carboxylic acids is 1. The van der Waals surface area contributed by atoms with Gasteiger partial charge in [-0.15, -0.1) is 0 Å². The third kappa shape index (κ3) is 3.98. The molecule has 0 spiro atoms. The Morgan fingerprint density at radius 2 is 2.00 bits per heavy atom. The summed E-state index contributed by atoms with van der Waals surface area (Å²) in [6.45, 7) is 10.1. The quantitative estimate of drug-likeness (QED) is 0.859. The van der Waals surface area contributed by atoms with Crippen molar-refractivity contribution in [2.24, 2.45) is 0 Å². The van der Waals surface area contributed by atoms with E-state index in [0.717, 1.165) is 11.5 Å². The van der Waals surface area contributed by atoms with Crippen molar-refractivity contribution >= 4 is 11.8 Å². The number of carboxylic acid groups (broad SMARTS) is 1. The van der Waals surface area contributed by atoms with E-state index < -0.39 is 5.97 Å². The normalized spacial score (nSPS) is 11.7. The molecule has 0 aliphatic carbocycles. The van der Waals surface area contributed by atoms with Crippen LogP contribution in [0.2, 0.25) is 0 Å². The van der Waals surface area contributed by atoms with Crippen LogP contribution in [0.15, 0.2) is 6.07 Å². The second-order valence-electron chi connectivity index (χ2n) is 5.65. The molecule has 1 rings (SSSR count). The number of carbonyl (C=O) groups is 1. The molecule has 18 heavy (non-hydrogen) atoms. The van der Waals surface area contributed by atoms with Crippen molar-refractivity contribution in [3.63, 3.8) is 0 Å². The van der Waals surface area contributed by atoms with Gasteiger partial charge in [0.1, 0.15) is 18.2 Å². The van der Waals surface area contributed by atoms with Crippen molar-refractivity contribution < 1.29 is 9.90 Å². The maximum absolute atomic E-state index is 10.6. The van der Waals surface area contributed by atoms with Crippen molar-refractivity contribution in [3.05, 3.63) is 17.6 Å². The first-order valence-corrected chi connectivity index (χ1v) is 6.05. The number of hydrogen-bond donors (Lipinski definition) is 2. The van der Waals surface area contributed by atoms with Crippen LogP contribution in [0, 0.1) is 0 Å². The van der Waals surface area contributed by atoms with Crippen LogP contribution in [0.1, 0.15) is 52.1 Å². The van der Waals surface area contributed by atoms with Crippen LogP contribution < -0.4 is 5.32 Å². The van der Waals surface area contributed by atoms with Gasteiger partial charge in [-0.1, -0.05) is 34.6 Å². The molecule has 1 heterocycles. The van der Waals surface area contributed by atoms with E-state index in [2.05, 4.69) is 36.1 Å². The molecule has 1 aromatic rings. The van der Waals surface area contributed by atoms with Crippen LogP contribution in [-0.4, -0.2) is 27.6 Å². The first kappa shape index (κ1) is 14.4. The summed E-state index contributed by atoms with van der Waals surface area (Å²) < 4.78 is 0. The number of rotatable bonds is 4. The lowest BCUT2D eigenvalue weighted by atomic mass is 9.91. The number of aromatic nitrogens is 2. The molecule has 0 saturated heterocycles. The summed E-state index contributed by atoms with van der Waals surface area (Å²) >= 11 is 0. The van der Waals surface area contributed by atoms with Gasteiger partial charge in [0.05, 0.1) is 5.69 Å². The van der Waals surface area contributed by atoms with Gasteiger partial charge in [-0.2, -0.15) is 0 Å². The van der Waals surface area contributed by atoms with Gasteiger partial charge in [0, 0.05) is 17.4 Å². The highest BCUT2D eigenvalue weighted by atomic mass is 16.4. The van der Waals surface area contributed by atoms with Gasteiger partial charge in [-0.05, 0) is 0 Å². The zero-order valence-corrected chi connectivity index (χ0v) is 11.6. The Morgan fingerprint density at radius 1 is 1.39 bits per heavy atom. The molecule has 0 aliphatic heterocycles. The van der Waals surface area contributed by atoms with Gasteiger partial charge in [-0.25, -0.2) is 9.97 Å². The van der Waals surface area contributed by atoms with E-state index in [9.17, 15) is 4.79 Å². The lowest BCUT2D eigenvalue weighted by Gasteiger charge is -2.20. The monoisotopic (exact) mass is 251 g/mol. The Morgan fingerprint density at radius 3 is 2.44 bits per heavy atom. The minimum atomic E-state index is -0.906. The van der Waals surface area contributed by atoms with Gasteiger partial charge in [-0.3, -0.25) is 4.79 Å². The van der Waals surface area contributed by atoms with Crippen LogP contribution in [0.3, 0.4) is 0 Å². The maximum atomic E-state index is 10.6. The van der Waals surface area contributed by atoms with E-state index >= 15 is 0 Å². The van der Waals surface area contributed by atoms with Crippen molar-refractivity contribution in [2.45, 2.75) is 46.0 Å². The second-order valence-corrected chi connectivity index (χ2v) is 5.65. The van der Waals surface area contributed by atoms with Crippen LogP contribution in [-0.2, 0) is 10.2 Å². The zero-order valence-electron chi connectivity index (χ0n) is 11.6. The Bertz CT molecular complexity index is 436. The SMILES string of the molecule is CC(C)c1nc(NCC(=O)O)cc(C(C)(C)C)n1. The third-order valence-corrected chi connectivity index (χ3v) is 2.45. The Balaban J connectivity index is 3.10. The van der Waals surface area contributed by atoms with Crippen LogP contribution >= 0.6 is 0 Å². The summed E-state index contributed by atoms with van der Waals surface area (Å²) in [6, 6.07) is 1.81. The molecule has 0 amide bonds. The molecule has 5 heteroatoms. The Labute approximate surface area is 108 Å². The molecule has 5 nitrogen and oxygen atoms in total. The summed E-state index contributed by atoms with van der Waals surface area (Å²) in [5.74, 6) is 0.603. The number of hydrogen-bond acceptors (Lipinski definition) is 4. The van der Waals surface area contributed by atoms with E-state index in [4.69, 9.17) is 5.11 Å². The third-order valence-electron chi connectivity index (χ3n) is 2.45. The average molecular weight is 251 g/mol. The first-order valence-electron chi connectivity index (χ1n) is 6.05. The highest BCUT2D eigenvalue weighted by molar-refractivity contribution is 5.72. The minimum absolute atomic E-state index is 0.0910. The highest BCUT2D eigenvalue weighted by Gasteiger charge is 2.19. The molecule has 1 aromatic heterocycles. The second kappa shape index (κ2) is 5.33. The van der Waals surface area contributed by atoms with Crippen molar-refractivity contribution in [2.75, 3.05) is 11.9 Å². The maximum Gasteiger partial charge on any atom is 0.322 e. The van der Waals surface area contributed by atoms with E-state index in [1.165, 1.54) is 0 Å². The Hall–Kier alpha value is -1.65. The molecule has 0 radical (unpaired) electrons. The summed E-state index contributed by atoms with van der Waals surface area (Å²) in [6.07, 6.45) is 0. The van der Waals surface area contributed by atoms with Crippen LogP contribution in [0.5, 0.6) is 0 Å². The van der Waals surface area contributed by atoms with Gasteiger partial charge >= 0.3 is 5.97 Å². The van der Waals surface area contributed by atoms with Gasteiger partial charge in [0.2, 0.25) is 0 Å². The molecule has 100 valence electrons. The molecule has 0 fully saturated rings. The van der Waals surface area contributed by atoms with Crippen molar-refractivity contribution in [1.82, 2.24) is 9.97 Å². The summed E-state index contributed by atoms with van der Waals surface area (Å²) in [4.78, 5) is 19.4. The Kier molecular flexibility index (Phi) is 4.27. The predicted molar refractivity (Wildman–Crippen MR) is 70.9 cm³/mol. The number of nitrogens with zero attached hydrogens (tertiary/aromatic N) is 2. The van der Waals surface area contributed by atoms with Crippen molar-refractivity contribution in [3.8, 4) is 0 Å². The van der Waals surface area contributed by atoms with E-state index in [1.54, 1.807) is 0 Å². The number of anilines is 1. The topological polar surface area (TPSA) is 75.1 Å². The number of aliphatic carboxylic acids is 1. The minimum Gasteiger partial charge on any atom is -0.480 e. The molecule has 2 N–H and O–H groups in total. The van der Waals surface area contributed by atoms with E-state index in [1.807, 2.05) is 19.9 Å². The average Bonchev–Trinajstić information content (AvgIpc) is 2.24. The summed E-state index contributed by atoms with van der Waals surface area (Å²) in [5.41, 5.74) is 0.820. The standard InChI is InChI=1S/C13H21N3O2/c1-8(2)12-15-9(13(3,4)5)6-10(16-12)14-7-11(17)18/h6,8H,7H2,1-5H3,(H,17,18)(H,14,15,16). The van der Waals surface area contributed by atoms with Crippen LogP contribution in [0.4, 0.5) is 5.82 Å². The van der Waals surface area contributed by atoms with E-state index in [0.29, 0.717) is 5.82 Å². The molecule has 0 atom stereocenters. The molecule has 0 saturated carbocycles. The van der Waals surface area contributed by atoms with Gasteiger partial charge in [0.25, 0.3) is 0 Å². The van der Waals surface area contributed by atoms with Gasteiger partial charge in [0.15, 0.2) is 0 Å². The molecule has 0 aromatic carbocycles. The molecular weight excluding hydrogens is 230 g/mol. The predicted octanol–water partition coefficient (Wildman–Crippen LogP) is 2.39. The zero-order chi connectivity index (χ0) is 13.9. The number of nitrogens with one attached hydrogen (secondary N) is 1.